The molecule has 0 saturated carbocycles. The van der Waals surface area contributed by atoms with Crippen molar-refractivity contribution in [2.45, 2.75) is 37.5 Å². The number of anilines is 3. The number of allylic oxidation sites excluding steroid dienone is 2. The van der Waals surface area contributed by atoms with Crippen molar-refractivity contribution in [3.63, 3.8) is 0 Å². The molecule has 1 unspecified atom stereocenters. The lowest BCUT2D eigenvalue weighted by Crippen LogP contribution is -2.38. The molecular formula is C27H29N5O5S2. The van der Waals surface area contributed by atoms with Crippen LogP contribution in [-0.2, 0) is 14.8 Å². The number of nitrogens with one attached hydrogen (secondary N) is 1. The summed E-state index contributed by atoms with van der Waals surface area (Å²) in [6.45, 7) is 4.08. The Morgan fingerprint density at radius 3 is 2.36 bits per heavy atom. The number of sulfonamides is 1. The van der Waals surface area contributed by atoms with Crippen LogP contribution in [0, 0.1) is 10.2 Å². The SMILES string of the molecule is COc1ccc(C2C3=C(CC(C)(C)CC3=O)N(c3ccc(S(N)(=O)=O)cc3)c3nc(=S)[nH]c(N)c32)cc1OC. The van der Waals surface area contributed by atoms with Crippen molar-refractivity contribution >= 4 is 45.3 Å². The number of ketones is 1. The zero-order valence-electron chi connectivity index (χ0n) is 21.9. The van der Waals surface area contributed by atoms with Crippen molar-refractivity contribution in [2.75, 3.05) is 24.9 Å². The van der Waals surface area contributed by atoms with Crippen LogP contribution < -0.4 is 25.2 Å². The third kappa shape index (κ3) is 4.68. The first-order valence-corrected chi connectivity index (χ1v) is 14.1. The molecule has 0 fully saturated rings. The lowest BCUT2D eigenvalue weighted by Gasteiger charge is -2.44. The molecule has 2 aromatic carbocycles. The predicted octanol–water partition coefficient (Wildman–Crippen LogP) is 4.31. The third-order valence-electron chi connectivity index (χ3n) is 7.10. The van der Waals surface area contributed by atoms with E-state index in [4.69, 9.17) is 32.6 Å². The second-order valence-corrected chi connectivity index (χ2v) is 12.4. The van der Waals surface area contributed by atoms with E-state index in [9.17, 15) is 13.2 Å². The summed E-state index contributed by atoms with van der Waals surface area (Å²) in [6.07, 6.45) is 0.903. The average Bonchev–Trinajstić information content (AvgIpc) is 2.85. The molecule has 204 valence electrons. The maximum atomic E-state index is 13.9. The van der Waals surface area contributed by atoms with E-state index in [1.165, 1.54) is 12.1 Å². The normalized spacial score (nSPS) is 18.4. The predicted molar refractivity (Wildman–Crippen MR) is 150 cm³/mol. The van der Waals surface area contributed by atoms with E-state index in [1.807, 2.05) is 30.9 Å². The Labute approximate surface area is 231 Å². The number of nitrogens with zero attached hydrogens (tertiary/aromatic N) is 2. The van der Waals surface area contributed by atoms with Gasteiger partial charge in [0.25, 0.3) is 0 Å². The molecule has 5 rings (SSSR count). The van der Waals surface area contributed by atoms with E-state index in [0.29, 0.717) is 47.0 Å². The standard InChI is InChI=1S/C27H29N5O5S2/c1-27(2)12-17-22(18(33)13-27)21(14-5-10-19(36-3)20(11-14)37-4)23-24(28)30-26(38)31-25(23)32(17)15-6-8-16(9-7-15)39(29,34)35/h5-11,21H,12-13H2,1-4H3,(H2,29,34,35)(H3,28,30,31,38). The number of aromatic nitrogens is 2. The van der Waals surface area contributed by atoms with E-state index in [-0.39, 0.29) is 26.7 Å². The number of benzene rings is 2. The van der Waals surface area contributed by atoms with Crippen LogP contribution in [0.3, 0.4) is 0 Å². The Morgan fingerprint density at radius 1 is 1.08 bits per heavy atom. The monoisotopic (exact) mass is 567 g/mol. The molecule has 2 heterocycles. The molecule has 3 aromatic rings. The van der Waals surface area contributed by atoms with Crippen LogP contribution >= 0.6 is 12.2 Å². The van der Waals surface area contributed by atoms with E-state index >= 15 is 0 Å². The van der Waals surface area contributed by atoms with Crippen molar-refractivity contribution in [1.29, 1.82) is 0 Å². The summed E-state index contributed by atoms with van der Waals surface area (Å²) in [5.74, 6) is 1.23. The molecule has 39 heavy (non-hydrogen) atoms. The molecule has 1 aliphatic carbocycles. The van der Waals surface area contributed by atoms with E-state index in [0.717, 1.165) is 11.3 Å². The van der Waals surface area contributed by atoms with Gasteiger partial charge in [-0.15, -0.1) is 0 Å². The molecule has 0 spiro atoms. The van der Waals surface area contributed by atoms with E-state index < -0.39 is 15.9 Å². The van der Waals surface area contributed by atoms with Gasteiger partial charge in [-0.2, -0.15) is 0 Å². The smallest absolute Gasteiger partial charge is 0.238 e. The molecule has 5 N–H and O–H groups in total. The molecule has 0 radical (unpaired) electrons. The minimum atomic E-state index is -3.90. The zero-order chi connectivity index (χ0) is 28.3. The number of carbonyl (C=O) groups excluding carboxylic acids is 1. The molecule has 2 aliphatic rings. The fourth-order valence-electron chi connectivity index (χ4n) is 5.47. The van der Waals surface area contributed by atoms with Crippen molar-refractivity contribution in [3.05, 3.63) is 69.6 Å². The summed E-state index contributed by atoms with van der Waals surface area (Å²) in [5.41, 5.74) is 9.52. The fourth-order valence-corrected chi connectivity index (χ4v) is 6.18. The number of primary sulfonamides is 1. The van der Waals surface area contributed by atoms with Gasteiger partial charge in [-0.1, -0.05) is 19.9 Å². The number of fused-ring (bicyclic) bond motifs is 1. The van der Waals surface area contributed by atoms with Gasteiger partial charge in [0.1, 0.15) is 11.6 Å². The van der Waals surface area contributed by atoms with Crippen LogP contribution in [0.15, 0.2) is 58.6 Å². The van der Waals surface area contributed by atoms with Gasteiger partial charge in [-0.3, -0.25) is 9.69 Å². The molecule has 0 bridgehead atoms. The molecular weight excluding hydrogens is 538 g/mol. The average molecular weight is 568 g/mol. The first-order valence-electron chi connectivity index (χ1n) is 12.2. The van der Waals surface area contributed by atoms with Crippen molar-refractivity contribution in [2.24, 2.45) is 10.6 Å². The van der Waals surface area contributed by atoms with Crippen LogP contribution in [0.1, 0.15) is 43.7 Å². The first kappa shape index (κ1) is 26.9. The van der Waals surface area contributed by atoms with Gasteiger partial charge in [-0.05, 0) is 66.0 Å². The summed E-state index contributed by atoms with van der Waals surface area (Å²) in [6, 6.07) is 11.6. The van der Waals surface area contributed by atoms with Crippen LogP contribution in [0.2, 0.25) is 0 Å². The number of rotatable bonds is 5. The van der Waals surface area contributed by atoms with Gasteiger partial charge >= 0.3 is 0 Å². The molecule has 0 amide bonds. The largest absolute Gasteiger partial charge is 0.493 e. The second-order valence-electron chi connectivity index (χ2n) is 10.4. The molecule has 1 aromatic heterocycles. The second kappa shape index (κ2) is 9.47. The number of Topliss-reactive ketones (excluding diaryl/α,β-unsaturated/α-hetero) is 1. The van der Waals surface area contributed by atoms with Gasteiger partial charge in [0.05, 0.1) is 19.1 Å². The Hall–Kier alpha value is -3.74. The molecule has 10 nitrogen and oxygen atoms in total. The molecule has 0 saturated heterocycles. The lowest BCUT2D eigenvalue weighted by atomic mass is 9.68. The number of carbonyl (C=O) groups is 1. The van der Waals surface area contributed by atoms with Crippen LogP contribution in [-0.4, -0.2) is 38.4 Å². The Balaban J connectivity index is 1.84. The highest BCUT2D eigenvalue weighted by molar-refractivity contribution is 7.89. The Morgan fingerprint density at radius 2 is 1.74 bits per heavy atom. The number of hydrogen-bond donors (Lipinski definition) is 3. The van der Waals surface area contributed by atoms with Gasteiger partial charge in [-0.25, -0.2) is 18.5 Å². The highest BCUT2D eigenvalue weighted by Crippen LogP contribution is 2.54. The number of H-pyrrole nitrogens is 1. The zero-order valence-corrected chi connectivity index (χ0v) is 23.6. The lowest BCUT2D eigenvalue weighted by molar-refractivity contribution is -0.118. The number of hydrogen-bond acceptors (Lipinski definition) is 9. The number of nitrogens with two attached hydrogens (primary N) is 2. The first-order chi connectivity index (χ1) is 18.3. The number of methoxy groups -OCH3 is 2. The van der Waals surface area contributed by atoms with Crippen molar-refractivity contribution in [1.82, 2.24) is 9.97 Å². The van der Waals surface area contributed by atoms with E-state index in [1.54, 1.807) is 32.4 Å². The molecule has 1 atom stereocenters. The van der Waals surface area contributed by atoms with Crippen LogP contribution in [0.5, 0.6) is 11.5 Å². The number of ether oxygens (including phenoxy) is 2. The third-order valence-corrected chi connectivity index (χ3v) is 8.22. The summed E-state index contributed by atoms with van der Waals surface area (Å²) < 4.78 is 35.0. The molecule has 1 aliphatic heterocycles. The summed E-state index contributed by atoms with van der Waals surface area (Å²) in [4.78, 5) is 23.4. The topological polar surface area (TPSA) is 154 Å². The quantitative estimate of drug-likeness (QED) is 0.383. The minimum Gasteiger partial charge on any atom is -0.493 e. The van der Waals surface area contributed by atoms with Gasteiger partial charge in [0.15, 0.2) is 22.1 Å². The van der Waals surface area contributed by atoms with Gasteiger partial charge < -0.3 is 20.2 Å². The van der Waals surface area contributed by atoms with Crippen LogP contribution in [0.25, 0.3) is 0 Å². The maximum absolute atomic E-state index is 13.9. The van der Waals surface area contributed by atoms with Gasteiger partial charge in [0.2, 0.25) is 10.0 Å². The summed E-state index contributed by atoms with van der Waals surface area (Å²) in [5, 5.41) is 5.33. The van der Waals surface area contributed by atoms with Crippen molar-refractivity contribution < 1.29 is 22.7 Å². The van der Waals surface area contributed by atoms with Crippen LogP contribution in [0.4, 0.5) is 17.3 Å². The number of nitrogen functional groups attached to an aromatic ring is 1. The highest BCUT2D eigenvalue weighted by atomic mass is 32.2. The Kier molecular flexibility index (Phi) is 6.52. The summed E-state index contributed by atoms with van der Waals surface area (Å²) >= 11 is 5.41. The summed E-state index contributed by atoms with van der Waals surface area (Å²) in [7, 11) is -0.788. The molecule has 12 heteroatoms. The van der Waals surface area contributed by atoms with Crippen molar-refractivity contribution in [3.8, 4) is 11.5 Å². The Bertz CT molecular complexity index is 1690. The highest BCUT2D eigenvalue weighted by Gasteiger charge is 2.45. The fraction of sp³-hybridized carbons (Fsp3) is 0.296. The number of aromatic amines is 1. The van der Waals surface area contributed by atoms with Gasteiger partial charge in [0, 0.05) is 34.9 Å². The maximum Gasteiger partial charge on any atom is 0.238 e. The van der Waals surface area contributed by atoms with E-state index in [2.05, 4.69) is 9.97 Å². The minimum absolute atomic E-state index is 0.0142.